The number of methoxy groups -OCH3 is 1. The van der Waals surface area contributed by atoms with Gasteiger partial charge in [0.25, 0.3) is 0 Å². The smallest absolute Gasteiger partial charge is 0.0648 e. The van der Waals surface area contributed by atoms with Crippen molar-refractivity contribution in [2.45, 2.75) is 20.4 Å². The van der Waals surface area contributed by atoms with Crippen molar-refractivity contribution in [2.75, 3.05) is 40.4 Å². The molecule has 1 heterocycles. The Bertz CT molecular complexity index is 595. The summed E-state index contributed by atoms with van der Waals surface area (Å²) >= 11 is 0. The van der Waals surface area contributed by atoms with Gasteiger partial charge >= 0.3 is 0 Å². The summed E-state index contributed by atoms with van der Waals surface area (Å²) in [7, 11) is 3.85. The average Bonchev–Trinajstić information content (AvgIpc) is 2.85. The summed E-state index contributed by atoms with van der Waals surface area (Å²) < 4.78 is 7.12. The van der Waals surface area contributed by atoms with Crippen LogP contribution >= 0.6 is 0 Å². The first-order valence-corrected chi connectivity index (χ1v) is 8.12. The van der Waals surface area contributed by atoms with Crippen molar-refractivity contribution < 1.29 is 4.74 Å². The molecule has 1 N–H and O–H groups in total. The Balaban J connectivity index is 1.90. The molecule has 1 aromatic carbocycles. The Labute approximate surface area is 139 Å². The highest BCUT2D eigenvalue weighted by Gasteiger charge is 2.12. The minimum Gasteiger partial charge on any atom is -0.383 e. The van der Waals surface area contributed by atoms with Crippen molar-refractivity contribution in [2.24, 2.45) is 0 Å². The standard InChI is InChI=1S/C18H28N4O/c1-15-18(14-19-10-11-21(3)12-13-23-4)16(2)22(20-15)17-8-6-5-7-9-17/h5-9,19H,10-14H2,1-4H3. The predicted octanol–water partition coefficient (Wildman–Crippen LogP) is 2.16. The molecule has 2 rings (SSSR count). The van der Waals surface area contributed by atoms with Crippen molar-refractivity contribution >= 4 is 0 Å². The molecule has 0 amide bonds. The molecule has 23 heavy (non-hydrogen) atoms. The van der Waals surface area contributed by atoms with E-state index < -0.39 is 0 Å². The van der Waals surface area contributed by atoms with Crippen LogP contribution in [0.15, 0.2) is 30.3 Å². The summed E-state index contributed by atoms with van der Waals surface area (Å²) in [5, 5.41) is 8.20. The van der Waals surface area contributed by atoms with Crippen molar-refractivity contribution in [3.63, 3.8) is 0 Å². The van der Waals surface area contributed by atoms with Gasteiger partial charge in [0.2, 0.25) is 0 Å². The molecule has 0 saturated carbocycles. The number of nitrogens with one attached hydrogen (secondary N) is 1. The number of aromatic nitrogens is 2. The van der Waals surface area contributed by atoms with E-state index in [1.165, 1.54) is 11.3 Å². The van der Waals surface area contributed by atoms with Gasteiger partial charge in [0.15, 0.2) is 0 Å². The fourth-order valence-corrected chi connectivity index (χ4v) is 2.59. The lowest BCUT2D eigenvalue weighted by molar-refractivity contribution is 0.161. The van der Waals surface area contributed by atoms with E-state index in [-0.39, 0.29) is 0 Å². The molecular formula is C18H28N4O. The molecule has 0 fully saturated rings. The van der Waals surface area contributed by atoms with Crippen molar-refractivity contribution in [1.29, 1.82) is 0 Å². The normalized spacial score (nSPS) is 11.3. The Kier molecular flexibility index (Phi) is 6.77. The lowest BCUT2D eigenvalue weighted by atomic mass is 10.2. The van der Waals surface area contributed by atoms with Gasteiger partial charge in [0.05, 0.1) is 18.0 Å². The van der Waals surface area contributed by atoms with E-state index >= 15 is 0 Å². The molecule has 0 unspecified atom stereocenters. The van der Waals surface area contributed by atoms with Gasteiger partial charge in [-0.15, -0.1) is 0 Å². The number of aryl methyl sites for hydroxylation is 1. The molecule has 5 nitrogen and oxygen atoms in total. The molecule has 0 radical (unpaired) electrons. The van der Waals surface area contributed by atoms with Gasteiger partial charge in [-0.1, -0.05) is 18.2 Å². The fraction of sp³-hybridized carbons (Fsp3) is 0.500. The van der Waals surface area contributed by atoms with Gasteiger partial charge in [-0.05, 0) is 33.0 Å². The van der Waals surface area contributed by atoms with E-state index in [4.69, 9.17) is 4.74 Å². The Morgan fingerprint density at radius 3 is 2.61 bits per heavy atom. The second-order valence-electron chi connectivity index (χ2n) is 5.87. The van der Waals surface area contributed by atoms with E-state index in [1.54, 1.807) is 7.11 Å². The van der Waals surface area contributed by atoms with Crippen LogP contribution in [0.25, 0.3) is 5.69 Å². The molecule has 0 saturated heterocycles. The molecule has 0 bridgehead atoms. The van der Waals surface area contributed by atoms with Crippen molar-refractivity contribution in [3.05, 3.63) is 47.3 Å². The maximum atomic E-state index is 5.09. The zero-order valence-corrected chi connectivity index (χ0v) is 14.7. The van der Waals surface area contributed by atoms with Crippen LogP contribution in [0.5, 0.6) is 0 Å². The molecule has 0 atom stereocenters. The van der Waals surface area contributed by atoms with Crippen LogP contribution < -0.4 is 5.32 Å². The molecule has 0 aliphatic heterocycles. The zero-order valence-electron chi connectivity index (χ0n) is 14.7. The van der Waals surface area contributed by atoms with Crippen molar-refractivity contribution in [3.8, 4) is 5.69 Å². The van der Waals surface area contributed by atoms with Gasteiger partial charge in [-0.3, -0.25) is 0 Å². The molecule has 1 aromatic heterocycles. The van der Waals surface area contributed by atoms with E-state index in [1.807, 2.05) is 22.9 Å². The van der Waals surface area contributed by atoms with Crippen molar-refractivity contribution in [1.82, 2.24) is 20.0 Å². The van der Waals surface area contributed by atoms with E-state index in [0.717, 1.165) is 44.2 Å². The number of hydrogen-bond acceptors (Lipinski definition) is 4. The highest BCUT2D eigenvalue weighted by molar-refractivity contribution is 5.36. The van der Waals surface area contributed by atoms with Crippen LogP contribution in [0, 0.1) is 13.8 Å². The lowest BCUT2D eigenvalue weighted by Gasteiger charge is -2.16. The number of rotatable bonds is 9. The van der Waals surface area contributed by atoms with E-state index in [0.29, 0.717) is 0 Å². The van der Waals surface area contributed by atoms with Crippen LogP contribution in [-0.2, 0) is 11.3 Å². The number of hydrogen-bond donors (Lipinski definition) is 1. The van der Waals surface area contributed by atoms with E-state index in [9.17, 15) is 0 Å². The Hall–Kier alpha value is -1.69. The van der Waals surface area contributed by atoms with Gasteiger partial charge in [0, 0.05) is 44.5 Å². The second kappa shape index (κ2) is 8.82. The third-order valence-corrected chi connectivity index (χ3v) is 4.09. The average molecular weight is 316 g/mol. The predicted molar refractivity (Wildman–Crippen MR) is 94.1 cm³/mol. The fourth-order valence-electron chi connectivity index (χ4n) is 2.59. The quantitative estimate of drug-likeness (QED) is 0.720. The van der Waals surface area contributed by atoms with Gasteiger partial charge < -0.3 is 15.0 Å². The summed E-state index contributed by atoms with van der Waals surface area (Å²) in [6.07, 6.45) is 0. The topological polar surface area (TPSA) is 42.3 Å². The molecule has 0 aliphatic carbocycles. The molecule has 0 aliphatic rings. The van der Waals surface area contributed by atoms with Crippen LogP contribution in [0.2, 0.25) is 0 Å². The number of nitrogens with zero attached hydrogens (tertiary/aromatic N) is 3. The summed E-state index contributed by atoms with van der Waals surface area (Å²) in [5.74, 6) is 0. The number of benzene rings is 1. The van der Waals surface area contributed by atoms with Crippen LogP contribution in [0.4, 0.5) is 0 Å². The van der Waals surface area contributed by atoms with Crippen LogP contribution in [-0.4, -0.2) is 55.1 Å². The maximum Gasteiger partial charge on any atom is 0.0648 e. The molecule has 126 valence electrons. The van der Waals surface area contributed by atoms with Crippen LogP contribution in [0.3, 0.4) is 0 Å². The zero-order chi connectivity index (χ0) is 16.7. The van der Waals surface area contributed by atoms with E-state index in [2.05, 4.69) is 48.3 Å². The third-order valence-electron chi connectivity index (χ3n) is 4.09. The molecule has 5 heteroatoms. The first kappa shape index (κ1) is 17.7. The number of likely N-dealkylation sites (N-methyl/N-ethyl adjacent to an activating group) is 1. The largest absolute Gasteiger partial charge is 0.383 e. The van der Waals surface area contributed by atoms with Gasteiger partial charge in [0.1, 0.15) is 0 Å². The third kappa shape index (κ3) is 4.89. The van der Waals surface area contributed by atoms with Gasteiger partial charge in [-0.25, -0.2) is 4.68 Å². The highest BCUT2D eigenvalue weighted by Crippen LogP contribution is 2.17. The highest BCUT2D eigenvalue weighted by atomic mass is 16.5. The summed E-state index contributed by atoms with van der Waals surface area (Å²) in [6, 6.07) is 10.3. The maximum absolute atomic E-state index is 5.09. The summed E-state index contributed by atoms with van der Waals surface area (Å²) in [4.78, 5) is 2.27. The summed E-state index contributed by atoms with van der Waals surface area (Å²) in [6.45, 7) is 8.76. The summed E-state index contributed by atoms with van der Waals surface area (Å²) in [5.41, 5.74) is 4.69. The Morgan fingerprint density at radius 1 is 1.17 bits per heavy atom. The molecular weight excluding hydrogens is 288 g/mol. The SMILES string of the molecule is COCCN(C)CCNCc1c(C)nn(-c2ccccc2)c1C. The monoisotopic (exact) mass is 316 g/mol. The molecule has 2 aromatic rings. The second-order valence-corrected chi connectivity index (χ2v) is 5.87. The van der Waals surface area contributed by atoms with Gasteiger partial charge in [-0.2, -0.15) is 5.10 Å². The number of para-hydroxylation sites is 1. The molecule has 0 spiro atoms. The minimum absolute atomic E-state index is 0.776. The Morgan fingerprint density at radius 2 is 1.91 bits per heavy atom. The lowest BCUT2D eigenvalue weighted by Crippen LogP contribution is -2.31. The first-order chi connectivity index (χ1) is 11.1. The first-order valence-electron chi connectivity index (χ1n) is 8.12. The van der Waals surface area contributed by atoms with Crippen LogP contribution in [0.1, 0.15) is 17.0 Å². The minimum atomic E-state index is 0.776. The number of ether oxygens (including phenoxy) is 1.